The Morgan fingerprint density at radius 2 is 1.86 bits per heavy atom. The zero-order valence-corrected chi connectivity index (χ0v) is 14.6. The molecule has 0 rings (SSSR count). The first-order valence-electron chi connectivity index (χ1n) is 8.30. The van der Waals surface area contributed by atoms with Gasteiger partial charge in [-0.05, 0) is 52.7 Å². The number of rotatable bonds is 13. The third-order valence-corrected chi connectivity index (χ3v) is 3.76. The van der Waals surface area contributed by atoms with E-state index in [1.54, 1.807) is 7.11 Å². The molecule has 0 aromatic rings. The molecular formula is C16H35N3O2. The van der Waals surface area contributed by atoms with Gasteiger partial charge in [-0.1, -0.05) is 13.8 Å². The summed E-state index contributed by atoms with van der Waals surface area (Å²) in [6.07, 6.45) is 3.12. The Bertz CT molecular complexity index is 258. The molecule has 126 valence electrons. The van der Waals surface area contributed by atoms with E-state index >= 15 is 0 Å². The van der Waals surface area contributed by atoms with Crippen molar-refractivity contribution in [1.29, 1.82) is 0 Å². The molecule has 21 heavy (non-hydrogen) atoms. The van der Waals surface area contributed by atoms with Gasteiger partial charge in [-0.15, -0.1) is 0 Å². The summed E-state index contributed by atoms with van der Waals surface area (Å²) >= 11 is 0. The molecule has 0 saturated heterocycles. The van der Waals surface area contributed by atoms with Crippen LogP contribution in [0.4, 0.5) is 0 Å². The fourth-order valence-electron chi connectivity index (χ4n) is 2.33. The number of hydrogen-bond donors (Lipinski definition) is 2. The molecule has 1 amide bonds. The zero-order valence-electron chi connectivity index (χ0n) is 14.6. The summed E-state index contributed by atoms with van der Waals surface area (Å²) in [4.78, 5) is 14.3. The van der Waals surface area contributed by atoms with E-state index in [9.17, 15) is 4.79 Å². The van der Waals surface area contributed by atoms with Crippen molar-refractivity contribution >= 4 is 5.91 Å². The van der Waals surface area contributed by atoms with E-state index < -0.39 is 0 Å². The van der Waals surface area contributed by atoms with Crippen LogP contribution in [0.15, 0.2) is 0 Å². The Morgan fingerprint density at radius 1 is 1.19 bits per heavy atom. The molecule has 2 N–H and O–H groups in total. The lowest BCUT2D eigenvalue weighted by molar-refractivity contribution is -0.122. The van der Waals surface area contributed by atoms with Crippen LogP contribution in [0.3, 0.4) is 0 Å². The molecular weight excluding hydrogens is 266 g/mol. The van der Waals surface area contributed by atoms with Crippen LogP contribution in [0.25, 0.3) is 0 Å². The van der Waals surface area contributed by atoms with E-state index in [1.807, 2.05) is 6.92 Å². The Balaban J connectivity index is 3.76. The number of ether oxygens (including phenoxy) is 1. The summed E-state index contributed by atoms with van der Waals surface area (Å²) < 4.78 is 4.96. The van der Waals surface area contributed by atoms with Gasteiger partial charge in [0.2, 0.25) is 5.91 Å². The number of methoxy groups -OCH3 is 1. The van der Waals surface area contributed by atoms with Crippen molar-refractivity contribution in [3.63, 3.8) is 0 Å². The average Bonchev–Trinajstić information content (AvgIpc) is 2.47. The van der Waals surface area contributed by atoms with Crippen LogP contribution in [-0.2, 0) is 9.53 Å². The maximum absolute atomic E-state index is 11.9. The van der Waals surface area contributed by atoms with Gasteiger partial charge in [0, 0.05) is 26.3 Å². The summed E-state index contributed by atoms with van der Waals surface area (Å²) in [6.45, 7) is 13.2. The van der Waals surface area contributed by atoms with E-state index in [-0.39, 0.29) is 11.9 Å². The summed E-state index contributed by atoms with van der Waals surface area (Å²) in [6, 6.07) is 0.219. The van der Waals surface area contributed by atoms with Crippen molar-refractivity contribution in [2.24, 2.45) is 0 Å². The monoisotopic (exact) mass is 301 g/mol. The summed E-state index contributed by atoms with van der Waals surface area (Å²) in [5.41, 5.74) is 0. The third kappa shape index (κ3) is 10.7. The summed E-state index contributed by atoms with van der Waals surface area (Å²) in [5.74, 6) is 0.0710. The van der Waals surface area contributed by atoms with E-state index in [0.29, 0.717) is 19.2 Å². The predicted octanol–water partition coefficient (Wildman–Crippen LogP) is 1.63. The topological polar surface area (TPSA) is 53.6 Å². The lowest BCUT2D eigenvalue weighted by Gasteiger charge is -2.22. The second kappa shape index (κ2) is 13.0. The molecule has 0 radical (unpaired) electrons. The highest BCUT2D eigenvalue weighted by Gasteiger charge is 2.14. The molecule has 0 spiro atoms. The molecule has 2 atom stereocenters. The number of nitrogens with zero attached hydrogens (tertiary/aromatic N) is 1. The van der Waals surface area contributed by atoms with Gasteiger partial charge in [0.15, 0.2) is 0 Å². The Hall–Kier alpha value is -0.650. The molecule has 0 aliphatic rings. The number of carbonyl (C=O) groups excluding carboxylic acids is 1. The van der Waals surface area contributed by atoms with E-state index in [1.165, 1.54) is 0 Å². The smallest absolute Gasteiger partial charge is 0.236 e. The van der Waals surface area contributed by atoms with Gasteiger partial charge in [0.25, 0.3) is 0 Å². The van der Waals surface area contributed by atoms with Gasteiger partial charge in [-0.3, -0.25) is 4.79 Å². The Kier molecular flexibility index (Phi) is 12.6. The van der Waals surface area contributed by atoms with Crippen molar-refractivity contribution in [1.82, 2.24) is 15.5 Å². The van der Waals surface area contributed by atoms with Crippen molar-refractivity contribution in [3.05, 3.63) is 0 Å². The highest BCUT2D eigenvalue weighted by atomic mass is 16.5. The predicted molar refractivity (Wildman–Crippen MR) is 88.6 cm³/mol. The van der Waals surface area contributed by atoms with Gasteiger partial charge >= 0.3 is 0 Å². The van der Waals surface area contributed by atoms with Crippen molar-refractivity contribution in [2.75, 3.05) is 39.9 Å². The minimum absolute atomic E-state index is 0.0710. The molecule has 5 nitrogen and oxygen atoms in total. The highest BCUT2D eigenvalue weighted by Crippen LogP contribution is 2.01. The number of amides is 1. The maximum Gasteiger partial charge on any atom is 0.236 e. The molecule has 0 aliphatic carbocycles. The number of nitrogens with one attached hydrogen (secondary N) is 2. The second-order valence-electron chi connectivity index (χ2n) is 5.60. The molecule has 0 aromatic carbocycles. The van der Waals surface area contributed by atoms with Crippen LogP contribution in [-0.4, -0.2) is 62.8 Å². The standard InChI is InChI=1S/C16H35N3O2/c1-6-19(7-2)12-8-10-14(3)18-15(4)16(20)17-11-9-13-21-5/h14-15,18H,6-13H2,1-5H3,(H,17,20). The minimum atomic E-state index is -0.143. The quantitative estimate of drug-likeness (QED) is 0.508. The average molecular weight is 301 g/mol. The highest BCUT2D eigenvalue weighted by molar-refractivity contribution is 5.81. The molecule has 0 fully saturated rings. The van der Waals surface area contributed by atoms with Gasteiger partial charge < -0.3 is 20.3 Å². The SMILES string of the molecule is CCN(CC)CCCC(C)NC(C)C(=O)NCCCOC. The molecule has 0 aromatic heterocycles. The minimum Gasteiger partial charge on any atom is -0.385 e. The molecule has 0 aliphatic heterocycles. The first kappa shape index (κ1) is 20.3. The van der Waals surface area contributed by atoms with Crippen LogP contribution in [0, 0.1) is 0 Å². The largest absolute Gasteiger partial charge is 0.385 e. The zero-order chi connectivity index (χ0) is 16.1. The van der Waals surface area contributed by atoms with Crippen LogP contribution in [0.2, 0.25) is 0 Å². The van der Waals surface area contributed by atoms with E-state index in [0.717, 1.165) is 38.9 Å². The number of carbonyl (C=O) groups is 1. The van der Waals surface area contributed by atoms with Crippen LogP contribution < -0.4 is 10.6 Å². The Morgan fingerprint density at radius 3 is 2.43 bits per heavy atom. The van der Waals surface area contributed by atoms with Gasteiger partial charge in [-0.25, -0.2) is 0 Å². The molecule has 0 saturated carbocycles. The van der Waals surface area contributed by atoms with Crippen LogP contribution in [0.1, 0.15) is 47.0 Å². The van der Waals surface area contributed by atoms with Crippen molar-refractivity contribution in [3.8, 4) is 0 Å². The van der Waals surface area contributed by atoms with Crippen LogP contribution >= 0.6 is 0 Å². The van der Waals surface area contributed by atoms with Crippen LogP contribution in [0.5, 0.6) is 0 Å². The number of hydrogen-bond acceptors (Lipinski definition) is 4. The van der Waals surface area contributed by atoms with E-state index in [2.05, 4.69) is 36.3 Å². The van der Waals surface area contributed by atoms with Crippen molar-refractivity contribution in [2.45, 2.75) is 59.0 Å². The lowest BCUT2D eigenvalue weighted by Crippen LogP contribution is -2.46. The molecule has 0 heterocycles. The lowest BCUT2D eigenvalue weighted by atomic mass is 10.1. The normalized spacial score (nSPS) is 14.2. The summed E-state index contributed by atoms with van der Waals surface area (Å²) in [5, 5.41) is 6.29. The molecule has 5 heteroatoms. The molecule has 2 unspecified atom stereocenters. The van der Waals surface area contributed by atoms with Crippen molar-refractivity contribution < 1.29 is 9.53 Å². The molecule has 0 bridgehead atoms. The summed E-state index contributed by atoms with van der Waals surface area (Å²) in [7, 11) is 1.67. The van der Waals surface area contributed by atoms with E-state index in [4.69, 9.17) is 4.74 Å². The fraction of sp³-hybridized carbons (Fsp3) is 0.938. The van der Waals surface area contributed by atoms with Gasteiger partial charge in [0.05, 0.1) is 6.04 Å². The third-order valence-electron chi connectivity index (χ3n) is 3.76. The Labute approximate surface area is 130 Å². The first-order valence-corrected chi connectivity index (χ1v) is 8.30. The maximum atomic E-state index is 11.9. The first-order chi connectivity index (χ1) is 10.0. The second-order valence-corrected chi connectivity index (χ2v) is 5.60. The van der Waals surface area contributed by atoms with Gasteiger partial charge in [0.1, 0.15) is 0 Å². The van der Waals surface area contributed by atoms with Gasteiger partial charge in [-0.2, -0.15) is 0 Å². The fourth-order valence-corrected chi connectivity index (χ4v) is 2.33.